The molecule has 1 aromatic carbocycles. The van der Waals surface area contributed by atoms with Crippen molar-refractivity contribution in [3.63, 3.8) is 0 Å². The van der Waals surface area contributed by atoms with Crippen molar-refractivity contribution < 1.29 is 9.13 Å². The summed E-state index contributed by atoms with van der Waals surface area (Å²) in [5, 5.41) is 19.7. The Morgan fingerprint density at radius 3 is 2.87 bits per heavy atom. The molecule has 1 N–H and O–H groups in total. The number of nitrogens with one attached hydrogen (secondary N) is 1. The number of nitrogens with zero attached hydrogens (tertiary/aromatic N) is 6. The molecule has 0 radical (unpaired) electrons. The second-order valence-electron chi connectivity index (χ2n) is 6.93. The van der Waals surface area contributed by atoms with Crippen LogP contribution in [0.5, 0.6) is 5.88 Å². The quantitative estimate of drug-likeness (QED) is 0.477. The fraction of sp³-hybridized carbons (Fsp3) is 0.143. The number of aromatic amines is 1. The molecule has 1 aliphatic carbocycles. The first-order valence-electron chi connectivity index (χ1n) is 9.55. The molecular formula is C21H16FN7OS. The lowest BCUT2D eigenvalue weighted by Gasteiger charge is -2.16. The molecule has 0 saturated carbocycles. The van der Waals surface area contributed by atoms with Crippen molar-refractivity contribution in [3.05, 3.63) is 72.1 Å². The lowest BCUT2D eigenvalue weighted by atomic mass is 10.0. The Kier molecular flexibility index (Phi) is 4.83. The van der Waals surface area contributed by atoms with Gasteiger partial charge in [0.1, 0.15) is 12.1 Å². The van der Waals surface area contributed by atoms with E-state index in [0.717, 1.165) is 10.4 Å². The van der Waals surface area contributed by atoms with Crippen molar-refractivity contribution in [1.29, 1.82) is 0 Å². The van der Waals surface area contributed by atoms with E-state index in [4.69, 9.17) is 17.0 Å². The van der Waals surface area contributed by atoms with E-state index in [1.807, 2.05) is 25.2 Å². The zero-order chi connectivity index (χ0) is 21.4. The smallest absolute Gasteiger partial charge is 0.240 e. The highest BCUT2D eigenvalue weighted by atomic mass is 32.1. The van der Waals surface area contributed by atoms with Gasteiger partial charge in [0.15, 0.2) is 23.4 Å². The fourth-order valence-corrected chi connectivity index (χ4v) is 3.53. The summed E-state index contributed by atoms with van der Waals surface area (Å²) in [6, 6.07) is 8.14. The van der Waals surface area contributed by atoms with Crippen molar-refractivity contribution in [1.82, 2.24) is 35.0 Å². The predicted octanol–water partition coefficient (Wildman–Crippen LogP) is 3.90. The second kappa shape index (κ2) is 7.80. The van der Waals surface area contributed by atoms with Crippen LogP contribution < -0.4 is 4.74 Å². The molecule has 0 aliphatic heterocycles. The molecule has 0 amide bonds. The molecule has 4 aromatic rings. The van der Waals surface area contributed by atoms with Gasteiger partial charge in [-0.2, -0.15) is 9.61 Å². The molecule has 0 spiro atoms. The third-order valence-electron chi connectivity index (χ3n) is 4.80. The summed E-state index contributed by atoms with van der Waals surface area (Å²) in [7, 11) is 0. The monoisotopic (exact) mass is 433 g/mol. The molecule has 3 heterocycles. The van der Waals surface area contributed by atoms with Gasteiger partial charge >= 0.3 is 0 Å². The summed E-state index contributed by atoms with van der Waals surface area (Å²) in [5.41, 5.74) is 2.29. The van der Waals surface area contributed by atoms with E-state index in [-0.39, 0.29) is 5.82 Å². The molecule has 0 saturated heterocycles. The van der Waals surface area contributed by atoms with Crippen LogP contribution in [0, 0.1) is 5.82 Å². The Morgan fingerprint density at radius 2 is 2.10 bits per heavy atom. The topological polar surface area (TPSA) is 93.9 Å². The first kappa shape index (κ1) is 19.2. The Hall–Kier alpha value is -3.79. The number of ether oxygens (including phenoxy) is 1. The molecule has 8 nitrogen and oxygen atoms in total. The molecule has 3 aromatic heterocycles. The minimum atomic E-state index is -0.483. The Labute approximate surface area is 181 Å². The largest absolute Gasteiger partial charge is 0.465 e. The number of allylic oxidation sites excluding steroid dienone is 4. The maximum Gasteiger partial charge on any atom is 0.240 e. The first-order valence-corrected chi connectivity index (χ1v) is 9.96. The normalized spacial score (nSPS) is 14.6. The van der Waals surface area contributed by atoms with Gasteiger partial charge in [0.2, 0.25) is 5.88 Å². The highest BCUT2D eigenvalue weighted by molar-refractivity contribution is 7.80. The number of halogens is 1. The Bertz CT molecular complexity index is 1340. The van der Waals surface area contributed by atoms with E-state index >= 15 is 0 Å². The minimum Gasteiger partial charge on any atom is -0.465 e. The van der Waals surface area contributed by atoms with E-state index in [9.17, 15) is 4.39 Å². The highest BCUT2D eigenvalue weighted by Crippen LogP contribution is 2.32. The van der Waals surface area contributed by atoms with E-state index in [2.05, 4.69) is 30.5 Å². The Morgan fingerprint density at radius 1 is 1.23 bits per heavy atom. The van der Waals surface area contributed by atoms with Crippen LogP contribution in [0.3, 0.4) is 0 Å². The van der Waals surface area contributed by atoms with Crippen LogP contribution in [0.25, 0.3) is 22.6 Å². The van der Waals surface area contributed by atoms with Crippen molar-refractivity contribution in [2.45, 2.75) is 19.4 Å². The predicted molar refractivity (Wildman–Crippen MR) is 116 cm³/mol. The van der Waals surface area contributed by atoms with Crippen LogP contribution >= 0.6 is 12.2 Å². The fourth-order valence-electron chi connectivity index (χ4n) is 3.31. The second-order valence-corrected chi connectivity index (χ2v) is 7.45. The molecule has 31 heavy (non-hydrogen) atoms. The van der Waals surface area contributed by atoms with Crippen LogP contribution in [-0.4, -0.2) is 39.9 Å². The summed E-state index contributed by atoms with van der Waals surface area (Å²) in [4.78, 5) is 4.95. The van der Waals surface area contributed by atoms with E-state index in [1.54, 1.807) is 24.3 Å². The van der Waals surface area contributed by atoms with Crippen LogP contribution in [0.15, 0.2) is 54.9 Å². The Balaban J connectivity index is 1.67. The standard InChI is InChI=1S/C21H16FN7OS/c1-12(19-23-11-24-26-19)30-21-16(13-5-4-6-14(31)9-13)10-18-25-27-20(29(18)28-21)15-7-2-3-8-17(15)22/h2-5,7-12H,6H2,1H3,(H,23,24,26). The zero-order valence-corrected chi connectivity index (χ0v) is 17.2. The lowest BCUT2D eigenvalue weighted by Crippen LogP contribution is -2.11. The van der Waals surface area contributed by atoms with Gasteiger partial charge in [-0.3, -0.25) is 5.10 Å². The van der Waals surface area contributed by atoms with Gasteiger partial charge < -0.3 is 4.74 Å². The molecule has 154 valence electrons. The van der Waals surface area contributed by atoms with Crippen molar-refractivity contribution in [2.75, 3.05) is 0 Å². The number of hydrogen-bond acceptors (Lipinski definition) is 7. The number of fused-ring (bicyclic) bond motifs is 1. The van der Waals surface area contributed by atoms with Crippen molar-refractivity contribution in [3.8, 4) is 17.3 Å². The molecule has 1 atom stereocenters. The van der Waals surface area contributed by atoms with Crippen LogP contribution in [0.1, 0.15) is 30.8 Å². The van der Waals surface area contributed by atoms with Crippen LogP contribution in [0.4, 0.5) is 4.39 Å². The minimum absolute atomic E-state index is 0.277. The summed E-state index contributed by atoms with van der Waals surface area (Å²) < 4.78 is 22.0. The highest BCUT2D eigenvalue weighted by Gasteiger charge is 2.21. The number of aromatic nitrogens is 7. The number of rotatable bonds is 5. The molecular weight excluding hydrogens is 417 g/mol. The maximum absolute atomic E-state index is 14.4. The maximum atomic E-state index is 14.4. The third-order valence-corrected chi connectivity index (χ3v) is 5.09. The van der Waals surface area contributed by atoms with Gasteiger partial charge in [0.05, 0.1) is 5.56 Å². The van der Waals surface area contributed by atoms with Crippen molar-refractivity contribution in [2.24, 2.45) is 0 Å². The number of benzene rings is 1. The molecule has 5 rings (SSSR count). The lowest BCUT2D eigenvalue weighted by molar-refractivity contribution is 0.204. The van der Waals surface area contributed by atoms with Gasteiger partial charge in [-0.1, -0.05) is 36.5 Å². The number of thiocarbonyl (C=S) groups is 1. The van der Waals surface area contributed by atoms with Crippen LogP contribution in [0.2, 0.25) is 0 Å². The van der Waals surface area contributed by atoms with Gasteiger partial charge in [-0.25, -0.2) is 9.37 Å². The SMILES string of the molecule is CC(Oc1nn2c(-c3ccccc3F)nnc2cc1C1=CC(=S)CC=C1)c1nc[nH]n1. The average molecular weight is 433 g/mol. The van der Waals surface area contributed by atoms with E-state index in [1.165, 1.54) is 16.9 Å². The van der Waals surface area contributed by atoms with Gasteiger partial charge in [0.25, 0.3) is 0 Å². The van der Waals surface area contributed by atoms with E-state index in [0.29, 0.717) is 34.9 Å². The first-order chi connectivity index (χ1) is 15.1. The molecule has 1 unspecified atom stereocenters. The van der Waals surface area contributed by atoms with E-state index < -0.39 is 11.9 Å². The van der Waals surface area contributed by atoms with Crippen LogP contribution in [-0.2, 0) is 0 Å². The molecule has 0 fully saturated rings. The van der Waals surface area contributed by atoms with Gasteiger partial charge in [-0.05, 0) is 36.8 Å². The van der Waals surface area contributed by atoms with Gasteiger partial charge in [0, 0.05) is 16.8 Å². The third kappa shape index (κ3) is 3.61. The summed E-state index contributed by atoms with van der Waals surface area (Å²) in [6.07, 6.45) is 7.56. The number of hydrogen-bond donors (Lipinski definition) is 1. The summed E-state index contributed by atoms with van der Waals surface area (Å²) >= 11 is 5.37. The summed E-state index contributed by atoms with van der Waals surface area (Å²) in [5.74, 6) is 0.652. The average Bonchev–Trinajstić information content (AvgIpc) is 3.44. The molecule has 10 heteroatoms. The summed E-state index contributed by atoms with van der Waals surface area (Å²) in [6.45, 7) is 1.82. The zero-order valence-electron chi connectivity index (χ0n) is 16.4. The molecule has 1 aliphatic rings. The molecule has 0 bridgehead atoms. The van der Waals surface area contributed by atoms with Gasteiger partial charge in [-0.15, -0.1) is 15.3 Å². The number of H-pyrrole nitrogens is 1. The van der Waals surface area contributed by atoms with Crippen molar-refractivity contribution >= 4 is 28.3 Å².